The van der Waals surface area contributed by atoms with E-state index in [1.807, 2.05) is 31.2 Å². The summed E-state index contributed by atoms with van der Waals surface area (Å²) in [4.78, 5) is 26.0. The standard InChI is InChI=1S/C26H30FN5O3S/c1-18-15-24(32-12-10-31(11-13-32)22-7-3-2-6-21(22)27)30-26(29-18)36-17-20-8-9-23(35-20)25(33)28-16-19-5-4-14-34-19/h2-3,6-9,15,19H,4-5,10-14,16-17H2,1H3,(H,28,33)/t19-/m0/s1. The molecule has 0 saturated carbocycles. The molecule has 2 aliphatic heterocycles. The molecular formula is C26H30FN5O3S. The molecule has 190 valence electrons. The van der Waals surface area contributed by atoms with Crippen LogP contribution < -0.4 is 15.1 Å². The molecule has 3 aromatic rings. The predicted octanol–water partition coefficient (Wildman–Crippen LogP) is 4.04. The van der Waals surface area contributed by atoms with Gasteiger partial charge in [0.2, 0.25) is 0 Å². The van der Waals surface area contributed by atoms with Crippen LogP contribution in [0.15, 0.2) is 52.0 Å². The number of halogens is 1. The Labute approximate surface area is 214 Å². The zero-order valence-electron chi connectivity index (χ0n) is 20.3. The Morgan fingerprint density at radius 2 is 1.94 bits per heavy atom. The number of aromatic nitrogens is 2. The Morgan fingerprint density at radius 3 is 2.72 bits per heavy atom. The lowest BCUT2D eigenvalue weighted by Crippen LogP contribution is -2.47. The summed E-state index contributed by atoms with van der Waals surface area (Å²) in [6, 6.07) is 12.4. The van der Waals surface area contributed by atoms with Crippen LogP contribution in [0.5, 0.6) is 0 Å². The number of carbonyl (C=O) groups is 1. The number of piperazine rings is 1. The number of nitrogens with zero attached hydrogens (tertiary/aromatic N) is 4. The van der Waals surface area contributed by atoms with Gasteiger partial charge >= 0.3 is 0 Å². The lowest BCUT2D eigenvalue weighted by atomic mass is 10.2. The summed E-state index contributed by atoms with van der Waals surface area (Å²) < 4.78 is 25.4. The molecule has 0 bridgehead atoms. The van der Waals surface area contributed by atoms with Crippen molar-refractivity contribution in [3.8, 4) is 0 Å². The lowest BCUT2D eigenvalue weighted by Gasteiger charge is -2.37. The Kier molecular flexibility index (Phi) is 7.72. The van der Waals surface area contributed by atoms with E-state index in [0.717, 1.165) is 57.1 Å². The Hall–Kier alpha value is -3.11. The van der Waals surface area contributed by atoms with Crippen LogP contribution in [-0.4, -0.2) is 61.3 Å². The third kappa shape index (κ3) is 5.99. The summed E-state index contributed by atoms with van der Waals surface area (Å²) in [6.45, 7) is 6.14. The highest BCUT2D eigenvalue weighted by Crippen LogP contribution is 2.26. The zero-order chi connectivity index (χ0) is 24.9. The van der Waals surface area contributed by atoms with E-state index in [0.29, 0.717) is 34.7 Å². The molecule has 2 saturated heterocycles. The topological polar surface area (TPSA) is 83.7 Å². The molecule has 0 unspecified atom stereocenters. The van der Waals surface area contributed by atoms with Crippen LogP contribution in [0, 0.1) is 12.7 Å². The summed E-state index contributed by atoms with van der Waals surface area (Å²) in [7, 11) is 0. The first-order valence-corrected chi connectivity index (χ1v) is 13.2. The number of carbonyl (C=O) groups excluding carboxylic acids is 1. The number of amides is 1. The summed E-state index contributed by atoms with van der Waals surface area (Å²) in [5, 5.41) is 3.53. The maximum Gasteiger partial charge on any atom is 0.287 e. The predicted molar refractivity (Wildman–Crippen MR) is 137 cm³/mol. The van der Waals surface area contributed by atoms with E-state index in [-0.39, 0.29) is 17.8 Å². The van der Waals surface area contributed by atoms with E-state index < -0.39 is 0 Å². The molecule has 0 aliphatic carbocycles. The zero-order valence-corrected chi connectivity index (χ0v) is 21.1. The molecule has 10 heteroatoms. The summed E-state index contributed by atoms with van der Waals surface area (Å²) >= 11 is 1.47. The average Bonchev–Trinajstić information content (AvgIpc) is 3.59. The van der Waals surface area contributed by atoms with Crippen LogP contribution in [0.25, 0.3) is 0 Å². The van der Waals surface area contributed by atoms with E-state index in [1.165, 1.54) is 17.8 Å². The molecule has 5 rings (SSSR count). The number of hydrogen-bond donors (Lipinski definition) is 1. The van der Waals surface area contributed by atoms with Gasteiger partial charge in [0, 0.05) is 51.1 Å². The van der Waals surface area contributed by atoms with Gasteiger partial charge in [0.05, 0.1) is 17.5 Å². The number of anilines is 2. The summed E-state index contributed by atoms with van der Waals surface area (Å²) in [5.74, 6) is 1.94. The fourth-order valence-electron chi connectivity index (χ4n) is 4.45. The van der Waals surface area contributed by atoms with E-state index in [9.17, 15) is 9.18 Å². The first-order valence-electron chi connectivity index (χ1n) is 12.3. The minimum absolute atomic E-state index is 0.0917. The summed E-state index contributed by atoms with van der Waals surface area (Å²) in [6.07, 6.45) is 2.10. The average molecular weight is 512 g/mol. The number of benzene rings is 1. The highest BCUT2D eigenvalue weighted by atomic mass is 32.2. The number of ether oxygens (including phenoxy) is 1. The second-order valence-corrected chi connectivity index (χ2v) is 9.92. The Bertz CT molecular complexity index is 1190. The third-order valence-corrected chi connectivity index (χ3v) is 7.23. The van der Waals surface area contributed by atoms with Crippen molar-refractivity contribution in [3.63, 3.8) is 0 Å². The van der Waals surface area contributed by atoms with Crippen LogP contribution in [0.3, 0.4) is 0 Å². The van der Waals surface area contributed by atoms with Crippen molar-refractivity contribution in [2.45, 2.75) is 36.8 Å². The van der Waals surface area contributed by atoms with Crippen molar-refractivity contribution in [1.29, 1.82) is 0 Å². The molecule has 2 aromatic heterocycles. The molecule has 2 fully saturated rings. The molecule has 0 radical (unpaired) electrons. The van der Waals surface area contributed by atoms with Gasteiger partial charge in [-0.05, 0) is 44.0 Å². The van der Waals surface area contributed by atoms with Gasteiger partial charge in [-0.1, -0.05) is 23.9 Å². The van der Waals surface area contributed by atoms with Gasteiger partial charge in [-0.15, -0.1) is 0 Å². The number of para-hydroxylation sites is 1. The molecule has 1 atom stereocenters. The molecule has 0 spiro atoms. The molecule has 36 heavy (non-hydrogen) atoms. The van der Waals surface area contributed by atoms with E-state index in [2.05, 4.69) is 20.1 Å². The van der Waals surface area contributed by atoms with E-state index in [1.54, 1.807) is 12.1 Å². The van der Waals surface area contributed by atoms with Gasteiger partial charge in [-0.25, -0.2) is 14.4 Å². The third-order valence-electron chi connectivity index (χ3n) is 6.36. The van der Waals surface area contributed by atoms with Gasteiger partial charge in [0.15, 0.2) is 10.9 Å². The van der Waals surface area contributed by atoms with Crippen LogP contribution in [0.4, 0.5) is 15.9 Å². The van der Waals surface area contributed by atoms with E-state index >= 15 is 0 Å². The number of rotatable bonds is 8. The van der Waals surface area contributed by atoms with Crippen molar-refractivity contribution in [1.82, 2.24) is 15.3 Å². The van der Waals surface area contributed by atoms with Crippen LogP contribution in [-0.2, 0) is 10.5 Å². The first kappa shape index (κ1) is 24.6. The number of nitrogens with one attached hydrogen (secondary N) is 1. The quantitative estimate of drug-likeness (QED) is 0.358. The van der Waals surface area contributed by atoms with Crippen molar-refractivity contribution in [3.05, 3.63) is 65.5 Å². The maximum absolute atomic E-state index is 14.2. The van der Waals surface area contributed by atoms with Gasteiger partial charge < -0.3 is 24.3 Å². The van der Waals surface area contributed by atoms with Gasteiger partial charge in [0.1, 0.15) is 17.4 Å². The van der Waals surface area contributed by atoms with Crippen molar-refractivity contribution in [2.75, 3.05) is 49.1 Å². The second-order valence-electron chi connectivity index (χ2n) is 8.98. The number of furan rings is 1. The Balaban J connectivity index is 1.15. The van der Waals surface area contributed by atoms with Crippen LogP contribution in [0.2, 0.25) is 0 Å². The highest BCUT2D eigenvalue weighted by Gasteiger charge is 2.22. The highest BCUT2D eigenvalue weighted by molar-refractivity contribution is 7.98. The molecule has 1 aromatic carbocycles. The lowest BCUT2D eigenvalue weighted by molar-refractivity contribution is 0.0834. The fraction of sp³-hybridized carbons (Fsp3) is 0.423. The number of hydrogen-bond acceptors (Lipinski definition) is 8. The van der Waals surface area contributed by atoms with Gasteiger partial charge in [0.25, 0.3) is 5.91 Å². The normalized spacial score (nSPS) is 18.0. The Morgan fingerprint density at radius 1 is 1.14 bits per heavy atom. The molecule has 4 heterocycles. The van der Waals surface area contributed by atoms with Gasteiger partial charge in [-0.3, -0.25) is 4.79 Å². The molecule has 2 aliphatic rings. The van der Waals surface area contributed by atoms with Crippen molar-refractivity contribution in [2.24, 2.45) is 0 Å². The SMILES string of the molecule is Cc1cc(N2CCN(c3ccccc3F)CC2)nc(SCc2ccc(C(=O)NC[C@@H]3CCCO3)o2)n1. The minimum Gasteiger partial charge on any atom is -0.455 e. The van der Waals surface area contributed by atoms with E-state index in [4.69, 9.17) is 14.1 Å². The van der Waals surface area contributed by atoms with Crippen molar-refractivity contribution < 1.29 is 18.3 Å². The molecule has 1 amide bonds. The summed E-state index contributed by atoms with van der Waals surface area (Å²) in [5.41, 5.74) is 1.53. The van der Waals surface area contributed by atoms with Gasteiger partial charge in [-0.2, -0.15) is 0 Å². The van der Waals surface area contributed by atoms with Crippen molar-refractivity contribution >= 4 is 29.2 Å². The minimum atomic E-state index is -0.231. The largest absolute Gasteiger partial charge is 0.455 e. The number of aryl methyl sites for hydroxylation is 1. The maximum atomic E-state index is 14.2. The monoisotopic (exact) mass is 511 g/mol. The smallest absolute Gasteiger partial charge is 0.287 e. The number of thioether (sulfide) groups is 1. The van der Waals surface area contributed by atoms with Crippen LogP contribution in [0.1, 0.15) is 34.9 Å². The fourth-order valence-corrected chi connectivity index (χ4v) is 5.24. The molecule has 8 nitrogen and oxygen atoms in total. The first-order chi connectivity index (χ1) is 17.5. The molecule has 1 N–H and O–H groups in total. The second kappa shape index (κ2) is 11.3. The van der Waals surface area contributed by atoms with Crippen LogP contribution >= 0.6 is 11.8 Å². The molecular weight excluding hydrogens is 481 g/mol.